The van der Waals surface area contributed by atoms with Crippen molar-refractivity contribution in [2.45, 2.75) is 0 Å². The van der Waals surface area contributed by atoms with Crippen LogP contribution in [0.3, 0.4) is 0 Å². The van der Waals surface area contributed by atoms with Gasteiger partial charge < -0.3 is 0 Å². The minimum Gasteiger partial charge on any atom is -0.128 e. The van der Waals surface area contributed by atoms with Gasteiger partial charge in [0.2, 0.25) is 0 Å². The summed E-state index contributed by atoms with van der Waals surface area (Å²) in [4.78, 5) is 0. The monoisotopic (exact) mass is 697 g/mol. The molecule has 0 aliphatic heterocycles. The van der Waals surface area contributed by atoms with Crippen molar-refractivity contribution in [2.75, 3.05) is 0 Å². The van der Waals surface area contributed by atoms with Crippen molar-refractivity contribution in [1.29, 1.82) is 0 Å². The fourth-order valence-electron chi connectivity index (χ4n) is 10.3. The fourth-order valence-corrected chi connectivity index (χ4v) is 10.3. The first kappa shape index (κ1) is 67.1. The van der Waals surface area contributed by atoms with Gasteiger partial charge in [-0.2, -0.15) is 0 Å². The summed E-state index contributed by atoms with van der Waals surface area (Å²) in [5, 5.41) is 0. The summed E-state index contributed by atoms with van der Waals surface area (Å²) in [6.45, 7) is 0. The first-order valence-electron chi connectivity index (χ1n) is 20.3. The Morgan fingerprint density at radius 3 is 0.381 bits per heavy atom. The van der Waals surface area contributed by atoms with Gasteiger partial charge in [0.05, 0.1) is 0 Å². The summed E-state index contributed by atoms with van der Waals surface area (Å²) < 4.78 is 0. The van der Waals surface area contributed by atoms with Crippen LogP contribution in [-0.4, -0.2) is 446 Å². The first-order valence-corrected chi connectivity index (χ1v) is 20.3. The van der Waals surface area contributed by atoms with Gasteiger partial charge in [0.1, 0.15) is 0 Å². The van der Waals surface area contributed by atoms with Gasteiger partial charge in [-0.25, -0.2) is 0 Å². The van der Waals surface area contributed by atoms with Crippen LogP contribution in [0.1, 0.15) is 0 Å². The molecule has 193 valence electrons. The van der Waals surface area contributed by atoms with Gasteiger partial charge in [0.15, 0.2) is 0 Å². The molecule has 0 aliphatic carbocycles. The van der Waals surface area contributed by atoms with Gasteiger partial charge in [-0.15, -0.1) is 6.39 Å². The van der Waals surface area contributed by atoms with Gasteiger partial charge in [-0.05, 0) is 308 Å². The Labute approximate surface area is 442 Å². The standard InChI is InChI=1S/B63H3/c1-34(2)52(35(3)4)60(53(36(5)6)37(7)8)50(61(54(38(9)10)39(11)12)55(40(13)14)41(15)16)33-51(62(56(42(17)18)43(19)20)57(44(21)22)45(23)24)63(58(46(25)26)47(27)28)59(48(29)30)49(31)32/h1H3/q-1. The highest BCUT2D eigenvalue weighted by atomic mass is 13.4. The van der Waals surface area contributed by atoms with Crippen LogP contribution in [0.4, 0.5) is 0 Å². The molecule has 0 heterocycles. The Bertz CT molecular complexity index is 830. The Morgan fingerprint density at radius 2 is 0.286 bits per heavy atom. The van der Waals surface area contributed by atoms with Crippen molar-refractivity contribution in [3.63, 3.8) is 0 Å². The van der Waals surface area contributed by atoms with E-state index in [0.29, 0.717) is 0 Å². The zero-order valence-corrected chi connectivity index (χ0v) is 35.8. The molecule has 63 heteroatoms. The molecule has 0 rings (SSSR count). The highest BCUT2D eigenvalue weighted by Gasteiger charge is 2.58. The molecule has 0 saturated carbocycles. The van der Waals surface area contributed by atoms with E-state index >= 15 is 0 Å². The Hall–Kier alpha value is 4.09. The van der Waals surface area contributed by atoms with E-state index in [1.807, 2.05) is 0 Å². The van der Waals surface area contributed by atoms with E-state index in [4.69, 9.17) is 240 Å². The lowest BCUT2D eigenvalue weighted by Gasteiger charge is -2.55. The van der Waals surface area contributed by atoms with Crippen molar-refractivity contribution in [1.82, 2.24) is 0 Å². The van der Waals surface area contributed by atoms with Crippen LogP contribution in [0.15, 0.2) is 0 Å². The smallest absolute Gasteiger partial charge is 0 e. The van der Waals surface area contributed by atoms with Crippen molar-refractivity contribution < 1.29 is 0 Å². The summed E-state index contributed by atoms with van der Waals surface area (Å²) >= 11 is 0. The zero-order valence-electron chi connectivity index (χ0n) is 35.8. The van der Waals surface area contributed by atoms with Crippen molar-refractivity contribution >= 4 is 446 Å². The van der Waals surface area contributed by atoms with Gasteiger partial charge in [0.25, 0.3) is 0 Å². The van der Waals surface area contributed by atoms with Crippen molar-refractivity contribution in [3.8, 4) is 0 Å². The molecule has 0 aromatic heterocycles. The maximum Gasteiger partial charge on any atom is 0 e. The minimum absolute atomic E-state index is 0.666. The molecule has 0 saturated heterocycles. The fraction of sp³-hybridized carbons (Fsp3) is 0. The lowest BCUT2D eigenvalue weighted by molar-refractivity contribution is 3.21. The van der Waals surface area contributed by atoms with Crippen LogP contribution in [-0.2, 0) is 0 Å². The average molecular weight is 684 g/mol. The van der Waals surface area contributed by atoms with E-state index in [9.17, 15) is 0 Å². The Morgan fingerprint density at radius 1 is 0.175 bits per heavy atom. The van der Waals surface area contributed by atoms with Gasteiger partial charge in [-0.1, -0.05) is 7.74 Å². The number of rotatable bonds is 30. The highest BCUT2D eigenvalue weighted by molar-refractivity contribution is 8.34. The summed E-state index contributed by atoms with van der Waals surface area (Å²) in [6, 6.07) is 0. The summed E-state index contributed by atoms with van der Waals surface area (Å²) in [6.07, 6.45) is -38.3. The molecule has 0 aromatic rings. The molecule has 0 N–H and O–H groups in total. The molecular formula is H3B63-. The second kappa shape index (κ2) is 31.0. The molecule has 0 nitrogen and oxygen atoms in total. The predicted molar refractivity (Wildman–Crippen MR) is 367 cm³/mol. The van der Waals surface area contributed by atoms with E-state index in [0.717, 1.165) is 0 Å². The summed E-state index contributed by atoms with van der Waals surface area (Å²) in [5.41, 5.74) is 0. The maximum atomic E-state index is 6.88. The van der Waals surface area contributed by atoms with Crippen LogP contribution in [0.2, 0.25) is 0 Å². The van der Waals surface area contributed by atoms with Crippen molar-refractivity contribution in [3.05, 3.63) is 0 Å². The number of hydrogen-bond donors (Lipinski definition) is 0. The summed E-state index contributed by atoms with van der Waals surface area (Å²) in [7, 11) is 205. The molecule has 0 fully saturated rings. The molecule has 0 amide bonds. The average Bonchev–Trinajstić information content (AvgIpc) is 3.05. The van der Waals surface area contributed by atoms with Crippen LogP contribution in [0.25, 0.3) is 0 Å². The second-order valence-electron chi connectivity index (χ2n) is 17.1. The third-order valence-corrected chi connectivity index (χ3v) is 12.7. The third-order valence-electron chi connectivity index (χ3n) is 12.7. The predicted octanol–water partition coefficient (Wildman–Crippen LogP) is -24.8. The van der Waals surface area contributed by atoms with Gasteiger partial charge in [-0.3, -0.25) is 0 Å². The molecule has 63 heavy (non-hydrogen) atoms. The van der Waals surface area contributed by atoms with E-state index in [1.165, 1.54) is 0 Å². The largest absolute Gasteiger partial charge is 0.128 e. The molecule has 0 aliphatic rings. The van der Waals surface area contributed by atoms with E-state index < -0.39 is 199 Å². The molecule has 0 unspecified atom stereocenters. The van der Waals surface area contributed by atoms with Crippen LogP contribution < -0.4 is 0 Å². The molecule has 0 atom stereocenters. The first-order chi connectivity index (χ1) is 28.6. The van der Waals surface area contributed by atoms with Crippen LogP contribution in [0, 0.1) is 0 Å². The van der Waals surface area contributed by atoms with Gasteiger partial charge in [0, 0.05) is 124 Å². The molecule has 63 radical (unpaired) electrons. The summed E-state index contributed by atoms with van der Waals surface area (Å²) in [5.74, 6) is 0. The maximum absolute atomic E-state index is 6.88. The zero-order chi connectivity index (χ0) is 50.0. The molecular weight excluding hydrogens is 681 g/mol. The van der Waals surface area contributed by atoms with E-state index in [2.05, 4.69) is 0 Å². The topological polar surface area (TPSA) is 0 Å². The van der Waals surface area contributed by atoms with E-state index in [1.54, 1.807) is 7.06 Å². The SMILES string of the molecule is [B]B([B])B(B([B])[B])B(B([B]B(B(B(B([B])[B])B([B])[B])B(B([B])[B])B([B])[B])B(B(B([B])[B])B([B])[B])B(B([B])[B])B([B])[BH3-])B(B(B([B])[B])B([B])[B])B(B([B])[B])B([B])[B])B(B([B])[B])B([B])[B]. The highest BCUT2D eigenvalue weighted by Crippen LogP contribution is 2.20. The second-order valence-corrected chi connectivity index (χ2v) is 17.1. The van der Waals surface area contributed by atoms with Gasteiger partial charge >= 0.3 is 0 Å². The lowest BCUT2D eigenvalue weighted by Crippen LogP contribution is -2.93. The van der Waals surface area contributed by atoms with Crippen molar-refractivity contribution in [2.24, 2.45) is 0 Å². The molecule has 0 bridgehead atoms. The normalized spacial score (nSPS) is 9.73. The molecule has 0 aromatic carbocycles. The lowest BCUT2D eigenvalue weighted by atomic mass is 8.27. The van der Waals surface area contributed by atoms with Crippen LogP contribution >= 0.6 is 0 Å². The Balaban J connectivity index is 10.3. The Kier molecular flexibility index (Phi) is 33.0. The number of hydrogen-bond acceptors (Lipinski definition) is 0. The van der Waals surface area contributed by atoms with E-state index in [-0.39, 0.29) is 0 Å². The quantitative estimate of drug-likeness (QED) is 0.0661. The third kappa shape index (κ3) is 18.8. The van der Waals surface area contributed by atoms with Crippen LogP contribution in [0.5, 0.6) is 0 Å². The molecule has 0 spiro atoms. The minimum atomic E-state index is -1.39.